The maximum atomic E-state index is 13.5. The van der Waals surface area contributed by atoms with Gasteiger partial charge < -0.3 is 5.73 Å². The van der Waals surface area contributed by atoms with E-state index in [9.17, 15) is 8.78 Å². The predicted octanol–water partition coefficient (Wildman–Crippen LogP) is 3.54. The molecule has 5 heteroatoms. The number of pyridine rings is 1. The van der Waals surface area contributed by atoms with Crippen LogP contribution < -0.4 is 5.73 Å². The molecule has 0 saturated carbocycles. The second-order valence-electron chi connectivity index (χ2n) is 3.86. The summed E-state index contributed by atoms with van der Waals surface area (Å²) in [5, 5.41) is 0.122. The normalized spacial score (nSPS) is 10.6. The molecule has 18 heavy (non-hydrogen) atoms. The van der Waals surface area contributed by atoms with Gasteiger partial charge in [-0.25, -0.2) is 13.8 Å². The van der Waals surface area contributed by atoms with E-state index in [1.165, 1.54) is 11.8 Å². The van der Waals surface area contributed by atoms with Gasteiger partial charge in [0, 0.05) is 11.8 Å². The van der Waals surface area contributed by atoms with Crippen LogP contribution in [0.25, 0.3) is 0 Å². The number of aromatic nitrogens is 1. The first-order valence-electron chi connectivity index (χ1n) is 5.36. The summed E-state index contributed by atoms with van der Waals surface area (Å²) in [4.78, 5) is 3.71. The molecule has 0 saturated heterocycles. The van der Waals surface area contributed by atoms with Crippen LogP contribution in [-0.4, -0.2) is 4.98 Å². The molecule has 0 radical (unpaired) electrons. The van der Waals surface area contributed by atoms with E-state index >= 15 is 0 Å². The first kappa shape index (κ1) is 12.8. The van der Waals surface area contributed by atoms with Gasteiger partial charge >= 0.3 is 0 Å². The fraction of sp³-hybridized carbons (Fsp3) is 0.154. The number of nitrogen functional groups attached to an aromatic ring is 1. The third kappa shape index (κ3) is 2.79. The average Bonchev–Trinajstić information content (AvgIpc) is 2.34. The number of aryl methyl sites for hydroxylation is 1. The molecular weight excluding hydrogens is 254 g/mol. The smallest absolute Gasteiger partial charge is 0.168 e. The molecule has 1 aromatic carbocycles. The van der Waals surface area contributed by atoms with E-state index < -0.39 is 11.6 Å². The lowest BCUT2D eigenvalue weighted by atomic mass is 10.1. The molecular formula is C13H12F2N2S. The van der Waals surface area contributed by atoms with Gasteiger partial charge in [-0.1, -0.05) is 36.0 Å². The SMILES string of the molecule is Cc1ccccc1CSc1nc(N)c(F)cc1F. The quantitative estimate of drug-likeness (QED) is 0.864. The van der Waals surface area contributed by atoms with Gasteiger partial charge in [-0.15, -0.1) is 0 Å². The predicted molar refractivity (Wildman–Crippen MR) is 69.3 cm³/mol. The summed E-state index contributed by atoms with van der Waals surface area (Å²) in [7, 11) is 0. The van der Waals surface area contributed by atoms with E-state index in [0.717, 1.165) is 17.2 Å². The number of thioether (sulfide) groups is 1. The van der Waals surface area contributed by atoms with Gasteiger partial charge in [0.25, 0.3) is 0 Å². The van der Waals surface area contributed by atoms with Gasteiger partial charge in [-0.05, 0) is 18.1 Å². The molecule has 94 valence electrons. The van der Waals surface area contributed by atoms with Crippen LogP contribution in [0.1, 0.15) is 11.1 Å². The molecule has 0 spiro atoms. The fourth-order valence-electron chi connectivity index (χ4n) is 1.48. The largest absolute Gasteiger partial charge is 0.381 e. The van der Waals surface area contributed by atoms with Gasteiger partial charge in [0.1, 0.15) is 5.03 Å². The molecule has 0 bridgehead atoms. The number of hydrogen-bond acceptors (Lipinski definition) is 3. The van der Waals surface area contributed by atoms with Crippen LogP contribution in [0.15, 0.2) is 35.4 Å². The van der Waals surface area contributed by atoms with Crippen molar-refractivity contribution in [3.05, 3.63) is 53.1 Å². The number of nitrogens with two attached hydrogens (primary N) is 1. The van der Waals surface area contributed by atoms with Crippen molar-refractivity contribution in [3.8, 4) is 0 Å². The third-order valence-corrected chi connectivity index (χ3v) is 3.57. The minimum Gasteiger partial charge on any atom is -0.381 e. The summed E-state index contributed by atoms with van der Waals surface area (Å²) >= 11 is 1.20. The minimum absolute atomic E-state index is 0.122. The van der Waals surface area contributed by atoms with Crippen LogP contribution in [0.5, 0.6) is 0 Å². The van der Waals surface area contributed by atoms with Crippen molar-refractivity contribution in [2.45, 2.75) is 17.7 Å². The van der Waals surface area contributed by atoms with Gasteiger partial charge in [0.05, 0.1) is 0 Å². The highest BCUT2D eigenvalue weighted by Gasteiger charge is 2.10. The number of benzene rings is 1. The Kier molecular flexibility index (Phi) is 3.81. The van der Waals surface area contributed by atoms with Crippen molar-refractivity contribution < 1.29 is 8.78 Å². The monoisotopic (exact) mass is 266 g/mol. The molecule has 2 N–H and O–H groups in total. The summed E-state index contributed by atoms with van der Waals surface area (Å²) < 4.78 is 26.4. The van der Waals surface area contributed by atoms with Gasteiger partial charge in [-0.2, -0.15) is 0 Å². The second-order valence-corrected chi connectivity index (χ2v) is 4.82. The van der Waals surface area contributed by atoms with Gasteiger partial charge in [0.2, 0.25) is 0 Å². The number of hydrogen-bond donors (Lipinski definition) is 1. The van der Waals surface area contributed by atoms with Crippen molar-refractivity contribution in [1.29, 1.82) is 0 Å². The van der Waals surface area contributed by atoms with Crippen LogP contribution in [0.3, 0.4) is 0 Å². The lowest BCUT2D eigenvalue weighted by molar-refractivity contribution is 0.552. The Morgan fingerprint density at radius 2 is 1.94 bits per heavy atom. The van der Waals surface area contributed by atoms with Crippen LogP contribution in [0, 0.1) is 18.6 Å². The summed E-state index contributed by atoms with van der Waals surface area (Å²) in [6.45, 7) is 1.98. The molecule has 1 heterocycles. The van der Waals surface area contributed by atoms with Crippen LogP contribution in [0.2, 0.25) is 0 Å². The molecule has 0 unspecified atom stereocenters. The first-order chi connectivity index (χ1) is 8.58. The average molecular weight is 266 g/mol. The first-order valence-corrected chi connectivity index (χ1v) is 6.35. The van der Waals surface area contributed by atoms with E-state index in [4.69, 9.17) is 5.73 Å². The van der Waals surface area contributed by atoms with E-state index in [0.29, 0.717) is 5.75 Å². The second kappa shape index (κ2) is 5.35. The number of halogens is 2. The molecule has 0 aliphatic carbocycles. The Morgan fingerprint density at radius 1 is 1.22 bits per heavy atom. The highest BCUT2D eigenvalue weighted by atomic mass is 32.2. The molecule has 0 aliphatic rings. The Hall–Kier alpha value is -1.62. The molecule has 0 atom stereocenters. The summed E-state index contributed by atoms with van der Waals surface area (Å²) in [6.07, 6.45) is 0. The molecule has 2 aromatic rings. The van der Waals surface area contributed by atoms with Gasteiger partial charge in [-0.3, -0.25) is 0 Å². The Labute approximate surface area is 108 Å². The maximum Gasteiger partial charge on any atom is 0.168 e. The van der Waals surface area contributed by atoms with E-state index in [-0.39, 0.29) is 10.8 Å². The van der Waals surface area contributed by atoms with Crippen molar-refractivity contribution in [2.75, 3.05) is 5.73 Å². The zero-order valence-electron chi connectivity index (χ0n) is 9.78. The molecule has 0 fully saturated rings. The fourth-order valence-corrected chi connectivity index (χ4v) is 2.46. The maximum absolute atomic E-state index is 13.5. The molecule has 1 aromatic heterocycles. The standard InChI is InChI=1S/C13H12F2N2S/c1-8-4-2-3-5-9(8)7-18-13-11(15)6-10(14)12(16)17-13/h2-6H,7H2,1H3,(H2,16,17). The summed E-state index contributed by atoms with van der Waals surface area (Å²) in [5.41, 5.74) is 7.54. The third-order valence-electron chi connectivity index (χ3n) is 2.55. The molecule has 2 rings (SSSR count). The summed E-state index contributed by atoms with van der Waals surface area (Å²) in [6, 6.07) is 8.58. The van der Waals surface area contributed by atoms with E-state index in [2.05, 4.69) is 4.98 Å². The lowest BCUT2D eigenvalue weighted by Crippen LogP contribution is -1.99. The highest BCUT2D eigenvalue weighted by Crippen LogP contribution is 2.26. The number of nitrogens with zero attached hydrogens (tertiary/aromatic N) is 1. The van der Waals surface area contributed by atoms with Crippen LogP contribution in [-0.2, 0) is 5.75 Å². The Bertz CT molecular complexity index is 573. The number of anilines is 1. The van der Waals surface area contributed by atoms with Crippen molar-refractivity contribution in [2.24, 2.45) is 0 Å². The minimum atomic E-state index is -0.826. The molecule has 2 nitrogen and oxygen atoms in total. The Morgan fingerprint density at radius 3 is 2.67 bits per heavy atom. The van der Waals surface area contributed by atoms with Gasteiger partial charge in [0.15, 0.2) is 17.5 Å². The molecule has 0 amide bonds. The molecule has 0 aliphatic heterocycles. The summed E-state index contributed by atoms with van der Waals surface area (Å²) in [5.74, 6) is -1.21. The van der Waals surface area contributed by atoms with Crippen molar-refractivity contribution >= 4 is 17.6 Å². The number of rotatable bonds is 3. The van der Waals surface area contributed by atoms with E-state index in [1.54, 1.807) is 0 Å². The zero-order chi connectivity index (χ0) is 13.1. The van der Waals surface area contributed by atoms with Crippen molar-refractivity contribution in [1.82, 2.24) is 4.98 Å². The lowest BCUT2D eigenvalue weighted by Gasteiger charge is -2.06. The van der Waals surface area contributed by atoms with E-state index in [1.807, 2.05) is 31.2 Å². The Balaban J connectivity index is 2.16. The van der Waals surface area contributed by atoms with Crippen LogP contribution in [0.4, 0.5) is 14.6 Å². The zero-order valence-corrected chi connectivity index (χ0v) is 10.6. The van der Waals surface area contributed by atoms with Crippen LogP contribution >= 0.6 is 11.8 Å². The highest BCUT2D eigenvalue weighted by molar-refractivity contribution is 7.98. The topological polar surface area (TPSA) is 38.9 Å². The van der Waals surface area contributed by atoms with Crippen molar-refractivity contribution in [3.63, 3.8) is 0 Å².